The van der Waals surface area contributed by atoms with E-state index in [-0.39, 0.29) is 5.54 Å². The first-order chi connectivity index (χ1) is 13.0. The van der Waals surface area contributed by atoms with Gasteiger partial charge < -0.3 is 14.7 Å². The first-order valence-corrected chi connectivity index (χ1v) is 10.1. The summed E-state index contributed by atoms with van der Waals surface area (Å²) in [5.74, 6) is -0.849. The second-order valence-corrected chi connectivity index (χ2v) is 8.43. The number of likely N-dealkylation sites (tertiary alicyclic amines) is 1. The van der Waals surface area contributed by atoms with Gasteiger partial charge in [-0.25, -0.2) is 4.79 Å². The van der Waals surface area contributed by atoms with Crippen LogP contribution in [0.5, 0.6) is 0 Å². The maximum absolute atomic E-state index is 11.5. The van der Waals surface area contributed by atoms with Crippen LogP contribution >= 0.6 is 0 Å². The predicted octanol–water partition coefficient (Wildman–Crippen LogP) is 1.71. The molecule has 0 radical (unpaired) electrons. The molecule has 0 spiro atoms. The van der Waals surface area contributed by atoms with Gasteiger partial charge in [-0.1, -0.05) is 12.1 Å². The van der Waals surface area contributed by atoms with E-state index >= 15 is 0 Å². The molecule has 2 aliphatic heterocycles. The Balaban J connectivity index is 1.65. The molecular weight excluding hydrogens is 342 g/mol. The van der Waals surface area contributed by atoms with E-state index in [0.29, 0.717) is 17.6 Å². The van der Waals surface area contributed by atoms with E-state index in [9.17, 15) is 9.90 Å². The topological polar surface area (TPSA) is 56.2 Å². The maximum Gasteiger partial charge on any atom is 0.335 e. The lowest BCUT2D eigenvalue weighted by Gasteiger charge is -2.39. The van der Waals surface area contributed by atoms with E-state index in [1.54, 1.807) is 6.07 Å². The third kappa shape index (κ3) is 3.51. The highest BCUT2D eigenvalue weighted by molar-refractivity contribution is 5.87. The third-order valence-corrected chi connectivity index (χ3v) is 6.48. The predicted molar refractivity (Wildman–Crippen MR) is 104 cm³/mol. The number of carbonyl (C=O) groups is 1. The van der Waals surface area contributed by atoms with Crippen molar-refractivity contribution in [1.29, 1.82) is 0 Å². The largest absolute Gasteiger partial charge is 0.478 e. The molecule has 1 aromatic carbocycles. The second kappa shape index (κ2) is 7.51. The summed E-state index contributed by atoms with van der Waals surface area (Å²) < 4.78 is 5.60. The molecule has 2 saturated heterocycles. The quantitative estimate of drug-likeness (QED) is 0.819. The molecule has 1 aliphatic carbocycles. The lowest BCUT2D eigenvalue weighted by molar-refractivity contribution is -0.00148. The molecule has 27 heavy (non-hydrogen) atoms. The van der Waals surface area contributed by atoms with Gasteiger partial charge in [-0.05, 0) is 57.6 Å². The van der Waals surface area contributed by atoms with E-state index in [4.69, 9.17) is 4.74 Å². The molecule has 6 heteroatoms. The first kappa shape index (κ1) is 18.9. The minimum absolute atomic E-state index is 0.0653. The maximum atomic E-state index is 11.5. The highest BCUT2D eigenvalue weighted by Gasteiger charge is 2.63. The molecule has 3 fully saturated rings. The van der Waals surface area contributed by atoms with Crippen molar-refractivity contribution in [3.05, 3.63) is 35.4 Å². The molecule has 3 atom stereocenters. The summed E-state index contributed by atoms with van der Waals surface area (Å²) in [6.07, 6.45) is 3.59. The number of ether oxygens (including phenoxy) is 1. The lowest BCUT2D eigenvalue weighted by atomic mass is 9.98. The first-order valence-electron chi connectivity index (χ1n) is 10.1. The smallest absolute Gasteiger partial charge is 0.335 e. The molecule has 1 N–H and O–H groups in total. The van der Waals surface area contributed by atoms with Crippen molar-refractivity contribution < 1.29 is 14.6 Å². The highest BCUT2D eigenvalue weighted by Crippen LogP contribution is 2.55. The summed E-state index contributed by atoms with van der Waals surface area (Å²) in [6.45, 7) is 5.58. The fourth-order valence-corrected chi connectivity index (χ4v) is 5.23. The van der Waals surface area contributed by atoms with Crippen LogP contribution in [0.4, 0.5) is 0 Å². The number of aromatic carboxylic acids is 1. The van der Waals surface area contributed by atoms with Gasteiger partial charge in [0.05, 0.1) is 24.3 Å². The van der Waals surface area contributed by atoms with E-state index < -0.39 is 5.97 Å². The molecule has 6 nitrogen and oxygen atoms in total. The fourth-order valence-electron chi connectivity index (χ4n) is 5.23. The van der Waals surface area contributed by atoms with Crippen molar-refractivity contribution in [3.8, 4) is 0 Å². The Hall–Kier alpha value is -1.47. The van der Waals surface area contributed by atoms with Crippen molar-refractivity contribution in [1.82, 2.24) is 14.7 Å². The Morgan fingerprint density at radius 2 is 2.07 bits per heavy atom. The van der Waals surface area contributed by atoms with Crippen LogP contribution in [0.15, 0.2) is 24.3 Å². The molecular formula is C21H31N3O3. The SMILES string of the molecule is CN(C)CC1CCCN1C1CC1(c1cccc(C(=O)O)c1)N1CCOCC1. The number of rotatable bonds is 6. The Bertz CT molecular complexity index is 689. The van der Waals surface area contributed by atoms with Crippen LogP contribution in [0.1, 0.15) is 35.2 Å². The minimum atomic E-state index is -0.849. The van der Waals surface area contributed by atoms with Crippen molar-refractivity contribution >= 4 is 5.97 Å². The molecule has 3 unspecified atom stereocenters. The zero-order valence-electron chi connectivity index (χ0n) is 16.4. The number of morpholine rings is 1. The van der Waals surface area contributed by atoms with Gasteiger partial charge in [0.15, 0.2) is 0 Å². The van der Waals surface area contributed by atoms with Crippen LogP contribution in [-0.2, 0) is 10.3 Å². The van der Waals surface area contributed by atoms with Crippen LogP contribution in [0, 0.1) is 0 Å². The normalized spacial score (nSPS) is 32.1. The number of hydrogen-bond donors (Lipinski definition) is 1. The molecule has 3 aliphatic rings. The number of benzene rings is 1. The van der Waals surface area contributed by atoms with E-state index in [0.717, 1.165) is 51.4 Å². The fraction of sp³-hybridized carbons (Fsp3) is 0.667. The summed E-state index contributed by atoms with van der Waals surface area (Å²) >= 11 is 0. The number of hydrogen-bond acceptors (Lipinski definition) is 5. The van der Waals surface area contributed by atoms with Crippen molar-refractivity contribution in [3.63, 3.8) is 0 Å². The Morgan fingerprint density at radius 1 is 1.30 bits per heavy atom. The summed E-state index contributed by atoms with van der Waals surface area (Å²) in [6, 6.07) is 8.68. The standard InChI is InChI=1S/C21H31N3O3/c1-22(2)15-18-7-4-8-24(18)19-14-21(19,23-9-11-27-12-10-23)17-6-3-5-16(13-17)20(25)26/h3,5-6,13,18-19H,4,7-12,14-15H2,1-2H3,(H,25,26). The number of carboxylic acid groups (broad SMARTS) is 1. The second-order valence-electron chi connectivity index (χ2n) is 8.43. The van der Waals surface area contributed by atoms with Gasteiger partial charge in [-0.3, -0.25) is 9.80 Å². The molecule has 2 heterocycles. The summed E-state index contributed by atoms with van der Waals surface area (Å²) in [5.41, 5.74) is 1.48. The van der Waals surface area contributed by atoms with E-state index in [1.807, 2.05) is 12.1 Å². The van der Waals surface area contributed by atoms with Gasteiger partial charge in [0, 0.05) is 31.7 Å². The Kier molecular flexibility index (Phi) is 5.25. The molecule has 148 valence electrons. The van der Waals surface area contributed by atoms with Crippen molar-refractivity contribution in [2.75, 3.05) is 53.5 Å². The molecule has 0 aromatic heterocycles. The number of nitrogens with zero attached hydrogens (tertiary/aromatic N) is 3. The average Bonchev–Trinajstić information content (AvgIpc) is 3.27. The monoisotopic (exact) mass is 373 g/mol. The lowest BCUT2D eigenvalue weighted by Crippen LogP contribution is -2.49. The molecule has 1 aromatic rings. The highest BCUT2D eigenvalue weighted by atomic mass is 16.5. The van der Waals surface area contributed by atoms with Crippen LogP contribution in [0.3, 0.4) is 0 Å². The molecule has 1 saturated carbocycles. The Morgan fingerprint density at radius 3 is 2.78 bits per heavy atom. The van der Waals surface area contributed by atoms with Crippen LogP contribution in [0.2, 0.25) is 0 Å². The zero-order chi connectivity index (χ0) is 19.0. The average molecular weight is 373 g/mol. The van der Waals surface area contributed by atoms with Gasteiger partial charge in [0.2, 0.25) is 0 Å². The van der Waals surface area contributed by atoms with Crippen LogP contribution < -0.4 is 0 Å². The minimum Gasteiger partial charge on any atom is -0.478 e. The van der Waals surface area contributed by atoms with Crippen molar-refractivity contribution in [2.45, 2.75) is 36.9 Å². The molecule has 4 rings (SSSR count). The van der Waals surface area contributed by atoms with Crippen LogP contribution in [0.25, 0.3) is 0 Å². The van der Waals surface area contributed by atoms with Crippen molar-refractivity contribution in [2.24, 2.45) is 0 Å². The van der Waals surface area contributed by atoms with E-state index in [1.165, 1.54) is 12.8 Å². The summed E-state index contributed by atoms with van der Waals surface area (Å²) in [7, 11) is 4.30. The summed E-state index contributed by atoms with van der Waals surface area (Å²) in [4.78, 5) is 19.1. The Labute approximate surface area is 161 Å². The number of carboxylic acids is 1. The van der Waals surface area contributed by atoms with Gasteiger partial charge in [-0.15, -0.1) is 0 Å². The van der Waals surface area contributed by atoms with Gasteiger partial charge in [-0.2, -0.15) is 0 Å². The molecule has 0 bridgehead atoms. The summed E-state index contributed by atoms with van der Waals surface area (Å²) in [5, 5.41) is 9.47. The zero-order valence-corrected chi connectivity index (χ0v) is 16.4. The van der Waals surface area contributed by atoms with Gasteiger partial charge in [0.1, 0.15) is 0 Å². The van der Waals surface area contributed by atoms with Gasteiger partial charge >= 0.3 is 5.97 Å². The third-order valence-electron chi connectivity index (χ3n) is 6.48. The van der Waals surface area contributed by atoms with Crippen LogP contribution in [-0.4, -0.2) is 91.3 Å². The van der Waals surface area contributed by atoms with Gasteiger partial charge in [0.25, 0.3) is 0 Å². The number of likely N-dealkylation sites (N-methyl/N-ethyl adjacent to an activating group) is 1. The molecule has 0 amide bonds. The van der Waals surface area contributed by atoms with E-state index in [2.05, 4.69) is 34.9 Å².